The number of anilines is 1. The molecule has 1 aliphatic rings. The number of aryl methyl sites for hydroxylation is 1. The Kier molecular flexibility index (Phi) is 6.31. The molecule has 27 heavy (non-hydrogen) atoms. The Morgan fingerprint density at radius 2 is 1.74 bits per heavy atom. The lowest BCUT2D eigenvalue weighted by atomic mass is 10.1. The molecule has 7 nitrogen and oxygen atoms in total. The molecule has 1 amide bonds. The van der Waals surface area contributed by atoms with Crippen molar-refractivity contribution in [3.8, 4) is 11.5 Å². The summed E-state index contributed by atoms with van der Waals surface area (Å²) in [5.41, 5.74) is 1.61. The smallest absolute Gasteiger partial charge is 0.239 e. The maximum Gasteiger partial charge on any atom is 0.239 e. The maximum atomic E-state index is 12.0. The lowest BCUT2D eigenvalue weighted by Crippen LogP contribution is -2.34. The number of fused-ring (bicyclic) bond motifs is 1. The van der Waals surface area contributed by atoms with Crippen molar-refractivity contribution in [2.45, 2.75) is 12.8 Å². The fourth-order valence-corrected chi connectivity index (χ4v) is 3.70. The predicted molar refractivity (Wildman–Crippen MR) is 103 cm³/mol. The average Bonchev–Trinajstić information content (AvgIpc) is 2.67. The minimum Gasteiger partial charge on any atom is -0.486 e. The first kappa shape index (κ1) is 19.2. The Morgan fingerprint density at radius 3 is 2.52 bits per heavy atom. The van der Waals surface area contributed by atoms with Crippen LogP contribution in [-0.4, -0.2) is 39.8 Å². The van der Waals surface area contributed by atoms with E-state index >= 15 is 0 Å². The second kappa shape index (κ2) is 8.88. The fraction of sp³-hybridized carbons (Fsp3) is 0.316. The molecule has 1 aliphatic heterocycles. The molecule has 0 aliphatic carbocycles. The molecule has 2 aromatic rings. The average molecular weight is 390 g/mol. The van der Waals surface area contributed by atoms with E-state index in [0.717, 1.165) is 5.56 Å². The molecule has 0 atom stereocenters. The van der Waals surface area contributed by atoms with Crippen LogP contribution < -0.4 is 19.5 Å². The number of carbonyl (C=O) groups is 1. The van der Waals surface area contributed by atoms with Crippen LogP contribution >= 0.6 is 0 Å². The highest BCUT2D eigenvalue weighted by molar-refractivity contribution is 7.89. The topological polar surface area (TPSA) is 93.7 Å². The van der Waals surface area contributed by atoms with E-state index in [1.807, 2.05) is 30.3 Å². The van der Waals surface area contributed by atoms with Crippen molar-refractivity contribution >= 4 is 21.6 Å². The number of nitrogens with one attached hydrogen (secondary N) is 2. The van der Waals surface area contributed by atoms with E-state index in [1.165, 1.54) is 0 Å². The SMILES string of the molecule is O=C(CNS(=O)(=O)CCCc1ccccc1)Nc1ccc2c(c1)OCCO2. The first-order valence-corrected chi connectivity index (χ1v) is 10.4. The van der Waals surface area contributed by atoms with E-state index in [-0.39, 0.29) is 12.3 Å². The van der Waals surface area contributed by atoms with Gasteiger partial charge in [-0.3, -0.25) is 4.79 Å². The van der Waals surface area contributed by atoms with Gasteiger partial charge in [-0.15, -0.1) is 0 Å². The number of carbonyl (C=O) groups excluding carboxylic acids is 1. The molecule has 0 spiro atoms. The van der Waals surface area contributed by atoms with Crippen molar-refractivity contribution < 1.29 is 22.7 Å². The third-order valence-electron chi connectivity index (χ3n) is 4.00. The van der Waals surface area contributed by atoms with Crippen LogP contribution in [0, 0.1) is 0 Å². The predicted octanol–water partition coefficient (Wildman–Crippen LogP) is 1.95. The molecular formula is C19H22N2O5S. The molecule has 144 valence electrons. The van der Waals surface area contributed by atoms with Crippen LogP contribution in [-0.2, 0) is 21.2 Å². The van der Waals surface area contributed by atoms with E-state index in [2.05, 4.69) is 10.0 Å². The minimum atomic E-state index is -3.51. The van der Waals surface area contributed by atoms with Gasteiger partial charge in [0.25, 0.3) is 0 Å². The van der Waals surface area contributed by atoms with Gasteiger partial charge in [-0.2, -0.15) is 0 Å². The lowest BCUT2D eigenvalue weighted by molar-refractivity contribution is -0.115. The first-order valence-electron chi connectivity index (χ1n) is 8.73. The number of amides is 1. The van der Waals surface area contributed by atoms with Crippen molar-refractivity contribution in [1.29, 1.82) is 0 Å². The Morgan fingerprint density at radius 1 is 1.00 bits per heavy atom. The van der Waals surface area contributed by atoms with Crippen molar-refractivity contribution in [3.63, 3.8) is 0 Å². The van der Waals surface area contributed by atoms with Gasteiger partial charge in [0.05, 0.1) is 12.3 Å². The summed E-state index contributed by atoms with van der Waals surface area (Å²) in [5.74, 6) is 0.705. The standard InChI is InChI=1S/C19H22N2O5S/c22-19(21-16-8-9-17-18(13-16)26-11-10-25-17)14-20-27(23,24)12-4-7-15-5-2-1-3-6-15/h1-3,5-6,8-9,13,20H,4,7,10-12,14H2,(H,21,22). The Balaban J connectivity index is 1.43. The van der Waals surface area contributed by atoms with Gasteiger partial charge in [0.2, 0.25) is 15.9 Å². The highest BCUT2D eigenvalue weighted by Crippen LogP contribution is 2.32. The zero-order valence-corrected chi connectivity index (χ0v) is 15.6. The third-order valence-corrected chi connectivity index (χ3v) is 5.41. The van der Waals surface area contributed by atoms with Crippen LogP contribution in [0.5, 0.6) is 11.5 Å². The van der Waals surface area contributed by atoms with Gasteiger partial charge in [0, 0.05) is 11.8 Å². The second-order valence-electron chi connectivity index (χ2n) is 6.14. The Labute approximate surface area is 158 Å². The third kappa shape index (κ3) is 5.97. The van der Waals surface area contributed by atoms with E-state index < -0.39 is 15.9 Å². The van der Waals surface area contributed by atoms with E-state index in [1.54, 1.807) is 18.2 Å². The summed E-state index contributed by atoms with van der Waals surface area (Å²) < 4.78 is 37.3. The van der Waals surface area contributed by atoms with Crippen LogP contribution in [0.4, 0.5) is 5.69 Å². The normalized spacial score (nSPS) is 13.2. The number of hydrogen-bond donors (Lipinski definition) is 2. The summed E-state index contributed by atoms with van der Waals surface area (Å²) in [5, 5.41) is 2.65. The summed E-state index contributed by atoms with van der Waals surface area (Å²) in [6.45, 7) is 0.625. The zero-order valence-electron chi connectivity index (χ0n) is 14.8. The second-order valence-corrected chi connectivity index (χ2v) is 8.06. The number of hydrogen-bond acceptors (Lipinski definition) is 5. The van der Waals surface area contributed by atoms with Crippen LogP contribution in [0.25, 0.3) is 0 Å². The van der Waals surface area contributed by atoms with Gasteiger partial charge in [0.15, 0.2) is 11.5 Å². The zero-order chi connectivity index (χ0) is 19.1. The summed E-state index contributed by atoms with van der Waals surface area (Å²) >= 11 is 0. The van der Waals surface area contributed by atoms with E-state index in [9.17, 15) is 13.2 Å². The molecule has 0 unspecified atom stereocenters. The fourth-order valence-electron chi connectivity index (χ4n) is 2.68. The van der Waals surface area contributed by atoms with Gasteiger partial charge in [-0.05, 0) is 30.5 Å². The minimum absolute atomic E-state index is 0.0286. The maximum absolute atomic E-state index is 12.0. The quantitative estimate of drug-likeness (QED) is 0.719. The molecule has 0 saturated heterocycles. The molecule has 0 fully saturated rings. The molecule has 3 rings (SSSR count). The number of ether oxygens (including phenoxy) is 2. The van der Waals surface area contributed by atoms with Crippen molar-refractivity contribution in [1.82, 2.24) is 4.72 Å². The summed E-state index contributed by atoms with van der Waals surface area (Å²) in [6.07, 6.45) is 1.16. The van der Waals surface area contributed by atoms with Gasteiger partial charge < -0.3 is 14.8 Å². The molecule has 0 aromatic heterocycles. The van der Waals surface area contributed by atoms with Gasteiger partial charge in [0.1, 0.15) is 13.2 Å². The van der Waals surface area contributed by atoms with Crippen LogP contribution in [0.1, 0.15) is 12.0 Å². The molecule has 0 saturated carbocycles. The molecular weight excluding hydrogens is 368 g/mol. The highest BCUT2D eigenvalue weighted by atomic mass is 32.2. The van der Waals surface area contributed by atoms with Crippen molar-refractivity contribution in [2.24, 2.45) is 0 Å². The molecule has 0 radical (unpaired) electrons. The molecule has 2 aromatic carbocycles. The van der Waals surface area contributed by atoms with Crippen molar-refractivity contribution in [3.05, 3.63) is 54.1 Å². The largest absolute Gasteiger partial charge is 0.486 e. The molecule has 1 heterocycles. The number of sulfonamides is 1. The Bertz CT molecular complexity index is 884. The monoisotopic (exact) mass is 390 g/mol. The summed E-state index contributed by atoms with van der Waals surface area (Å²) in [4.78, 5) is 12.0. The van der Waals surface area contributed by atoms with Gasteiger partial charge in [-0.1, -0.05) is 30.3 Å². The van der Waals surface area contributed by atoms with Crippen molar-refractivity contribution in [2.75, 3.05) is 30.8 Å². The first-order chi connectivity index (χ1) is 13.0. The molecule has 0 bridgehead atoms. The number of benzene rings is 2. The highest BCUT2D eigenvalue weighted by Gasteiger charge is 2.15. The van der Waals surface area contributed by atoms with E-state index in [0.29, 0.717) is 43.2 Å². The van der Waals surface area contributed by atoms with E-state index in [4.69, 9.17) is 9.47 Å². The van der Waals surface area contributed by atoms with Crippen LogP contribution in [0.3, 0.4) is 0 Å². The molecule has 8 heteroatoms. The number of rotatable bonds is 8. The van der Waals surface area contributed by atoms with Gasteiger partial charge in [-0.25, -0.2) is 13.1 Å². The van der Waals surface area contributed by atoms with Crippen LogP contribution in [0.15, 0.2) is 48.5 Å². The van der Waals surface area contributed by atoms with Gasteiger partial charge >= 0.3 is 0 Å². The Hall–Kier alpha value is -2.58. The summed E-state index contributed by atoms with van der Waals surface area (Å²) in [6, 6.07) is 14.7. The summed E-state index contributed by atoms with van der Waals surface area (Å²) in [7, 11) is -3.51. The van der Waals surface area contributed by atoms with Crippen LogP contribution in [0.2, 0.25) is 0 Å². The molecule has 2 N–H and O–H groups in total. The lowest BCUT2D eigenvalue weighted by Gasteiger charge is -2.19.